The third-order valence-electron chi connectivity index (χ3n) is 7.70. The van der Waals surface area contributed by atoms with Crippen molar-refractivity contribution in [1.82, 2.24) is 19.2 Å². The molecule has 0 bridgehead atoms. The molecular weight excluding hydrogens is 484 g/mol. The Balaban J connectivity index is 1.47. The number of aryl methyl sites for hydroxylation is 3. The van der Waals surface area contributed by atoms with Crippen LogP contribution in [-0.4, -0.2) is 19.2 Å². The number of para-hydroxylation sites is 2. The highest BCUT2D eigenvalue weighted by atomic mass is 32.1. The van der Waals surface area contributed by atoms with Crippen LogP contribution in [0.15, 0.2) is 91.1 Å². The lowest BCUT2D eigenvalue weighted by Crippen LogP contribution is -1.96. The highest BCUT2D eigenvalue weighted by Gasteiger charge is 2.19. The van der Waals surface area contributed by atoms with Gasteiger partial charge in [-0.25, -0.2) is 9.50 Å². The third kappa shape index (κ3) is 2.91. The molecule has 4 nitrogen and oxygen atoms in total. The van der Waals surface area contributed by atoms with E-state index < -0.39 is 0 Å². The summed E-state index contributed by atoms with van der Waals surface area (Å²) in [6, 6.07) is 30.6. The maximum Gasteiger partial charge on any atom is 0.125 e. The molecule has 182 valence electrons. The van der Waals surface area contributed by atoms with E-state index in [0.717, 1.165) is 32.6 Å². The Labute approximate surface area is 223 Å². The Kier molecular flexibility index (Phi) is 4.41. The van der Waals surface area contributed by atoms with Crippen molar-refractivity contribution < 1.29 is 0 Å². The molecule has 4 aromatic heterocycles. The van der Waals surface area contributed by atoms with Crippen LogP contribution < -0.4 is 0 Å². The predicted molar refractivity (Wildman–Crippen MR) is 160 cm³/mol. The van der Waals surface area contributed by atoms with Gasteiger partial charge < -0.3 is 4.57 Å². The number of benzene rings is 4. The van der Waals surface area contributed by atoms with Crippen LogP contribution in [0, 0.1) is 20.8 Å². The fourth-order valence-corrected chi connectivity index (χ4v) is 7.47. The van der Waals surface area contributed by atoms with Crippen molar-refractivity contribution in [3.63, 3.8) is 0 Å². The molecule has 0 saturated carbocycles. The lowest BCUT2D eigenvalue weighted by atomic mass is 10.0. The van der Waals surface area contributed by atoms with Crippen LogP contribution in [-0.2, 0) is 0 Å². The maximum atomic E-state index is 5.31. The molecular formula is C33H24N4S. The van der Waals surface area contributed by atoms with Gasteiger partial charge in [0.15, 0.2) is 0 Å². The van der Waals surface area contributed by atoms with Gasteiger partial charge in [0.1, 0.15) is 5.01 Å². The molecule has 0 fully saturated rings. The van der Waals surface area contributed by atoms with Gasteiger partial charge >= 0.3 is 0 Å². The van der Waals surface area contributed by atoms with Crippen molar-refractivity contribution in [3.8, 4) is 16.3 Å². The number of pyridine rings is 1. The van der Waals surface area contributed by atoms with Gasteiger partial charge in [-0.1, -0.05) is 54.1 Å². The number of hydrogen-bond donors (Lipinski definition) is 0. The summed E-state index contributed by atoms with van der Waals surface area (Å²) in [6.07, 6.45) is 1.89. The molecule has 4 aromatic carbocycles. The zero-order valence-corrected chi connectivity index (χ0v) is 22.2. The second kappa shape index (κ2) is 7.76. The summed E-state index contributed by atoms with van der Waals surface area (Å²) < 4.78 is 5.60. The molecule has 0 saturated heterocycles. The van der Waals surface area contributed by atoms with E-state index in [-0.39, 0.29) is 0 Å². The first kappa shape index (κ1) is 21.6. The molecule has 8 rings (SSSR count). The maximum absolute atomic E-state index is 5.31. The van der Waals surface area contributed by atoms with Crippen LogP contribution >= 0.6 is 11.3 Å². The van der Waals surface area contributed by atoms with Crippen molar-refractivity contribution in [2.24, 2.45) is 0 Å². The molecule has 4 heterocycles. The second-order valence-corrected chi connectivity index (χ2v) is 11.2. The molecule has 0 aliphatic rings. The predicted octanol–water partition coefficient (Wildman–Crippen LogP) is 8.79. The Morgan fingerprint density at radius 1 is 0.658 bits per heavy atom. The molecule has 0 aliphatic carbocycles. The van der Waals surface area contributed by atoms with Gasteiger partial charge in [-0.05, 0) is 68.3 Å². The fraction of sp³-hybridized carbons (Fsp3) is 0.0909. The fourth-order valence-electron chi connectivity index (χ4n) is 6.21. The van der Waals surface area contributed by atoms with Crippen molar-refractivity contribution >= 4 is 59.8 Å². The van der Waals surface area contributed by atoms with Gasteiger partial charge in [0.25, 0.3) is 0 Å². The molecule has 0 atom stereocenters. The van der Waals surface area contributed by atoms with E-state index in [0.29, 0.717) is 0 Å². The first-order valence-electron chi connectivity index (χ1n) is 12.9. The summed E-state index contributed by atoms with van der Waals surface area (Å²) in [5, 5.41) is 9.40. The average molecular weight is 509 g/mol. The number of nitrogens with zero attached hydrogens (tertiary/aromatic N) is 4. The largest absolute Gasteiger partial charge is 0.309 e. The van der Waals surface area contributed by atoms with Gasteiger partial charge in [-0.2, -0.15) is 5.10 Å². The molecule has 38 heavy (non-hydrogen) atoms. The first-order valence-corrected chi connectivity index (χ1v) is 13.7. The molecule has 0 N–H and O–H groups in total. The quantitative estimate of drug-likeness (QED) is 0.234. The van der Waals surface area contributed by atoms with Gasteiger partial charge in [0.2, 0.25) is 0 Å². The van der Waals surface area contributed by atoms with Crippen molar-refractivity contribution in [2.75, 3.05) is 0 Å². The van der Waals surface area contributed by atoms with Crippen LogP contribution in [0.4, 0.5) is 0 Å². The van der Waals surface area contributed by atoms with Crippen LogP contribution in [0.5, 0.6) is 0 Å². The van der Waals surface area contributed by atoms with E-state index in [1.54, 1.807) is 11.3 Å². The summed E-state index contributed by atoms with van der Waals surface area (Å²) in [4.78, 5) is 5.31. The monoisotopic (exact) mass is 508 g/mol. The number of aromatic nitrogens is 4. The molecule has 8 aromatic rings. The van der Waals surface area contributed by atoms with Gasteiger partial charge in [0.05, 0.1) is 38.5 Å². The number of rotatable bonds is 2. The number of hydrogen-bond acceptors (Lipinski definition) is 3. The van der Waals surface area contributed by atoms with E-state index in [4.69, 9.17) is 10.1 Å². The minimum Gasteiger partial charge on any atom is -0.309 e. The number of fused-ring (bicyclic) bond motifs is 9. The van der Waals surface area contributed by atoms with E-state index in [9.17, 15) is 0 Å². The third-order valence-corrected chi connectivity index (χ3v) is 8.79. The van der Waals surface area contributed by atoms with Gasteiger partial charge in [-0.15, -0.1) is 11.3 Å². The van der Waals surface area contributed by atoms with E-state index in [2.05, 4.69) is 115 Å². The van der Waals surface area contributed by atoms with Gasteiger partial charge in [-0.3, -0.25) is 0 Å². The lowest BCUT2D eigenvalue weighted by molar-refractivity contribution is 1.01. The highest BCUT2D eigenvalue weighted by Crippen LogP contribution is 2.40. The zero-order chi connectivity index (χ0) is 25.5. The smallest absolute Gasteiger partial charge is 0.125 e. The van der Waals surface area contributed by atoms with Crippen molar-refractivity contribution in [2.45, 2.75) is 20.8 Å². The highest BCUT2D eigenvalue weighted by molar-refractivity contribution is 7.22. The van der Waals surface area contributed by atoms with E-state index >= 15 is 0 Å². The zero-order valence-electron chi connectivity index (χ0n) is 21.4. The van der Waals surface area contributed by atoms with Crippen LogP contribution in [0.1, 0.15) is 16.7 Å². The van der Waals surface area contributed by atoms with E-state index in [1.807, 2.05) is 6.20 Å². The lowest BCUT2D eigenvalue weighted by Gasteiger charge is -2.11. The molecule has 0 amide bonds. The van der Waals surface area contributed by atoms with Crippen molar-refractivity contribution in [3.05, 3.63) is 108 Å². The van der Waals surface area contributed by atoms with Crippen LogP contribution in [0.25, 0.3) is 64.7 Å². The summed E-state index contributed by atoms with van der Waals surface area (Å²) in [5.74, 6) is 0. The summed E-state index contributed by atoms with van der Waals surface area (Å²) in [6.45, 7) is 6.53. The van der Waals surface area contributed by atoms with E-state index in [1.165, 1.54) is 48.8 Å². The number of thiazole rings is 1. The topological polar surface area (TPSA) is 35.1 Å². The Hall–Kier alpha value is -4.48. The Bertz CT molecular complexity index is 2150. The minimum atomic E-state index is 1.04. The molecule has 0 unspecified atom stereocenters. The summed E-state index contributed by atoms with van der Waals surface area (Å²) in [5.41, 5.74) is 11.8. The Morgan fingerprint density at radius 2 is 1.34 bits per heavy atom. The molecule has 0 radical (unpaired) electrons. The second-order valence-electron chi connectivity index (χ2n) is 10.2. The SMILES string of the molecule is Cc1cc(C)c(-c2nc3c4cc(-n5c6ccccc6c6ccccc65)ccc4n4nccc4c3s2)c(C)c1. The summed E-state index contributed by atoms with van der Waals surface area (Å²) in [7, 11) is 0. The first-order chi connectivity index (χ1) is 18.6. The molecule has 0 aliphatic heterocycles. The molecule has 5 heteroatoms. The van der Waals surface area contributed by atoms with Crippen LogP contribution in [0.2, 0.25) is 0 Å². The molecule has 0 spiro atoms. The minimum absolute atomic E-state index is 1.04. The summed E-state index contributed by atoms with van der Waals surface area (Å²) >= 11 is 1.76. The van der Waals surface area contributed by atoms with Crippen LogP contribution in [0.3, 0.4) is 0 Å². The standard InChI is InChI=1S/C33H24N4S/c1-19-16-20(2)30(21(3)17-19)33-35-31-25-18-22(12-13-28(25)37-29(14-15-34-37)32(31)38-33)36-26-10-6-4-8-23(26)24-9-5-7-11-27(24)36/h4-18H,1-3H3. The van der Waals surface area contributed by atoms with Gasteiger partial charge in [0, 0.05) is 27.4 Å². The average Bonchev–Trinajstić information content (AvgIpc) is 3.64. The van der Waals surface area contributed by atoms with Crippen molar-refractivity contribution in [1.29, 1.82) is 0 Å². The Morgan fingerprint density at radius 3 is 2.05 bits per heavy atom. The normalized spacial score (nSPS) is 12.1.